The van der Waals surface area contributed by atoms with Gasteiger partial charge in [0.1, 0.15) is 16.3 Å². The van der Waals surface area contributed by atoms with E-state index < -0.39 is 10.0 Å². The summed E-state index contributed by atoms with van der Waals surface area (Å²) in [5.74, 6) is 0. The van der Waals surface area contributed by atoms with Crippen molar-refractivity contribution in [2.24, 2.45) is 8.73 Å². The Morgan fingerprint density at radius 2 is 2.16 bits per heavy atom. The first-order valence-electron chi connectivity index (χ1n) is 5.50. The van der Waals surface area contributed by atoms with E-state index in [0.717, 1.165) is 16.7 Å². The van der Waals surface area contributed by atoms with Crippen molar-refractivity contribution in [3.05, 3.63) is 18.2 Å². The van der Waals surface area contributed by atoms with Gasteiger partial charge in [-0.2, -0.15) is 8.73 Å². The molecule has 0 aromatic heterocycles. The van der Waals surface area contributed by atoms with Crippen LogP contribution in [0.5, 0.6) is 0 Å². The van der Waals surface area contributed by atoms with E-state index in [4.69, 9.17) is 4.74 Å². The third-order valence-corrected chi connectivity index (χ3v) is 4.66. The molecule has 0 saturated heterocycles. The minimum atomic E-state index is -3.58. The number of rotatable bonds is 7. The smallest absolute Gasteiger partial charge is 0.242 e. The van der Waals surface area contributed by atoms with Gasteiger partial charge >= 0.3 is 0 Å². The van der Waals surface area contributed by atoms with E-state index in [0.29, 0.717) is 24.6 Å². The predicted molar refractivity (Wildman–Crippen MR) is 77.8 cm³/mol. The van der Waals surface area contributed by atoms with Gasteiger partial charge in [0.2, 0.25) is 10.0 Å². The largest absolute Gasteiger partial charge is 0.379 e. The SMILES string of the molecule is O=S(=O)(NCCOCCBr)c1cccc2c1N=S=N2. The summed E-state index contributed by atoms with van der Waals surface area (Å²) in [7, 11) is -3.58. The molecule has 0 unspecified atom stereocenters. The summed E-state index contributed by atoms with van der Waals surface area (Å²) in [4.78, 5) is 0.152. The highest BCUT2D eigenvalue weighted by atomic mass is 79.9. The lowest BCUT2D eigenvalue weighted by Gasteiger charge is -2.08. The summed E-state index contributed by atoms with van der Waals surface area (Å²) < 4.78 is 40.0. The molecule has 9 heteroatoms. The Kier molecular flexibility index (Phi) is 5.22. The fraction of sp³-hybridized carbons (Fsp3) is 0.400. The first-order chi connectivity index (χ1) is 9.15. The van der Waals surface area contributed by atoms with Crippen LogP contribution >= 0.6 is 15.9 Å². The Balaban J connectivity index is 2.05. The average Bonchev–Trinajstić information content (AvgIpc) is 2.86. The van der Waals surface area contributed by atoms with E-state index in [1.54, 1.807) is 12.1 Å². The zero-order valence-corrected chi connectivity index (χ0v) is 13.1. The Morgan fingerprint density at radius 3 is 2.95 bits per heavy atom. The summed E-state index contributed by atoms with van der Waals surface area (Å²) in [6.45, 7) is 1.10. The fourth-order valence-corrected chi connectivity index (χ4v) is 3.49. The Bertz CT molecular complexity index is 627. The van der Waals surface area contributed by atoms with Gasteiger partial charge in [0.05, 0.1) is 24.6 Å². The fourth-order valence-electron chi connectivity index (χ4n) is 1.48. The van der Waals surface area contributed by atoms with Gasteiger partial charge in [-0.1, -0.05) is 22.0 Å². The predicted octanol–water partition coefficient (Wildman–Crippen LogP) is 2.10. The summed E-state index contributed by atoms with van der Waals surface area (Å²) in [5.41, 5.74) is 0.991. The van der Waals surface area contributed by atoms with E-state index >= 15 is 0 Å². The summed E-state index contributed by atoms with van der Waals surface area (Å²) in [6.07, 6.45) is 0. The van der Waals surface area contributed by atoms with Gasteiger partial charge in [-0.15, -0.1) is 0 Å². The van der Waals surface area contributed by atoms with Gasteiger partial charge in [0, 0.05) is 11.9 Å². The second-order valence-electron chi connectivity index (χ2n) is 3.59. The maximum absolute atomic E-state index is 12.1. The molecule has 0 bridgehead atoms. The maximum Gasteiger partial charge on any atom is 0.242 e. The van der Waals surface area contributed by atoms with Gasteiger partial charge in [-0.25, -0.2) is 13.1 Å². The lowest BCUT2D eigenvalue weighted by atomic mass is 10.3. The molecule has 1 aliphatic heterocycles. The Hall–Kier alpha value is -0.610. The number of alkyl halides is 1. The molecular formula is C10H12BrN3O3S2. The highest BCUT2D eigenvalue weighted by Crippen LogP contribution is 2.37. The van der Waals surface area contributed by atoms with Crippen LogP contribution in [-0.4, -0.2) is 33.5 Å². The molecule has 1 N–H and O–H groups in total. The molecule has 1 aromatic rings. The highest BCUT2D eigenvalue weighted by molar-refractivity contribution is 9.09. The monoisotopic (exact) mass is 365 g/mol. The van der Waals surface area contributed by atoms with Crippen molar-refractivity contribution in [1.82, 2.24) is 4.72 Å². The lowest BCUT2D eigenvalue weighted by Crippen LogP contribution is -2.27. The zero-order valence-electron chi connectivity index (χ0n) is 9.87. The molecule has 0 saturated carbocycles. The molecule has 6 nitrogen and oxygen atoms in total. The number of ether oxygens (including phenoxy) is 1. The molecular weight excluding hydrogens is 354 g/mol. The number of nitrogens with zero attached hydrogens (tertiary/aromatic N) is 2. The third-order valence-electron chi connectivity index (χ3n) is 2.30. The number of fused-ring (bicyclic) bond motifs is 1. The molecule has 19 heavy (non-hydrogen) atoms. The normalized spacial score (nSPS) is 13.3. The number of hydrogen-bond acceptors (Lipinski definition) is 5. The van der Waals surface area contributed by atoms with E-state index in [2.05, 4.69) is 29.4 Å². The Morgan fingerprint density at radius 1 is 1.32 bits per heavy atom. The summed E-state index contributed by atoms with van der Waals surface area (Å²) in [5, 5.41) is 0.726. The number of halogens is 1. The number of hydrogen-bond donors (Lipinski definition) is 1. The molecule has 0 radical (unpaired) electrons. The van der Waals surface area contributed by atoms with Crippen LogP contribution in [0.15, 0.2) is 31.8 Å². The molecule has 2 rings (SSSR count). The van der Waals surface area contributed by atoms with Crippen LogP contribution in [0.4, 0.5) is 11.4 Å². The van der Waals surface area contributed by atoms with E-state index in [-0.39, 0.29) is 11.4 Å². The van der Waals surface area contributed by atoms with E-state index in [1.807, 2.05) is 0 Å². The van der Waals surface area contributed by atoms with Gasteiger partial charge in [-0.3, -0.25) is 0 Å². The van der Waals surface area contributed by atoms with Crippen LogP contribution in [0.2, 0.25) is 0 Å². The van der Waals surface area contributed by atoms with Crippen LogP contribution in [0.25, 0.3) is 0 Å². The summed E-state index contributed by atoms with van der Waals surface area (Å²) in [6, 6.07) is 4.90. The first-order valence-corrected chi connectivity index (χ1v) is 8.83. The highest BCUT2D eigenvalue weighted by Gasteiger charge is 2.21. The molecule has 0 spiro atoms. The van der Waals surface area contributed by atoms with Crippen molar-refractivity contribution in [2.75, 3.05) is 25.1 Å². The first kappa shape index (κ1) is 14.8. The minimum Gasteiger partial charge on any atom is -0.379 e. The van der Waals surface area contributed by atoms with Crippen molar-refractivity contribution in [2.45, 2.75) is 4.90 Å². The average molecular weight is 366 g/mol. The van der Waals surface area contributed by atoms with E-state index in [1.165, 1.54) is 6.07 Å². The molecule has 0 aliphatic carbocycles. The topological polar surface area (TPSA) is 80.1 Å². The number of benzene rings is 1. The van der Waals surface area contributed by atoms with Crippen LogP contribution < -0.4 is 4.72 Å². The van der Waals surface area contributed by atoms with Crippen molar-refractivity contribution in [3.63, 3.8) is 0 Å². The van der Waals surface area contributed by atoms with Crippen LogP contribution in [0, 0.1) is 0 Å². The quantitative estimate of drug-likeness (QED) is 0.602. The van der Waals surface area contributed by atoms with Gasteiger partial charge < -0.3 is 4.74 Å². The summed E-state index contributed by atoms with van der Waals surface area (Å²) >= 11 is 4.22. The number of nitrogens with one attached hydrogen (secondary N) is 1. The molecule has 1 heterocycles. The second-order valence-corrected chi connectivity index (χ2v) is 6.64. The van der Waals surface area contributed by atoms with Crippen molar-refractivity contribution in [1.29, 1.82) is 0 Å². The van der Waals surface area contributed by atoms with Crippen molar-refractivity contribution < 1.29 is 13.2 Å². The van der Waals surface area contributed by atoms with E-state index in [9.17, 15) is 8.42 Å². The number of sulfonamides is 1. The standard InChI is InChI=1S/C10H12BrN3O3S2/c11-4-6-17-7-5-12-19(15,16)9-3-1-2-8-10(9)14-18-13-8/h1-3,12H,4-7H2. The maximum atomic E-state index is 12.1. The molecule has 0 amide bonds. The molecule has 0 atom stereocenters. The van der Waals surface area contributed by atoms with Crippen LogP contribution in [0.1, 0.15) is 0 Å². The van der Waals surface area contributed by atoms with Crippen molar-refractivity contribution in [3.8, 4) is 0 Å². The van der Waals surface area contributed by atoms with Crippen LogP contribution in [0.3, 0.4) is 0 Å². The van der Waals surface area contributed by atoms with Gasteiger partial charge in [0.15, 0.2) is 0 Å². The molecule has 104 valence electrons. The lowest BCUT2D eigenvalue weighted by molar-refractivity contribution is 0.156. The molecule has 1 aromatic carbocycles. The third kappa shape index (κ3) is 3.69. The zero-order chi connectivity index (χ0) is 13.7. The minimum absolute atomic E-state index is 0.152. The van der Waals surface area contributed by atoms with Crippen molar-refractivity contribution >= 4 is 48.7 Å². The van der Waals surface area contributed by atoms with Gasteiger partial charge in [-0.05, 0) is 12.1 Å². The molecule has 0 fully saturated rings. The Labute approximate surface area is 123 Å². The van der Waals surface area contributed by atoms with Gasteiger partial charge in [0.25, 0.3) is 0 Å². The molecule has 1 aliphatic rings. The van der Waals surface area contributed by atoms with Crippen LogP contribution in [-0.2, 0) is 26.1 Å². The second kappa shape index (κ2) is 6.71.